The van der Waals surface area contributed by atoms with Crippen molar-refractivity contribution in [3.8, 4) is 0 Å². The van der Waals surface area contributed by atoms with Crippen LogP contribution in [0, 0.1) is 0 Å². The summed E-state index contributed by atoms with van der Waals surface area (Å²) in [7, 11) is 0. The van der Waals surface area contributed by atoms with Crippen molar-refractivity contribution >= 4 is 5.91 Å². The minimum Gasteiger partial charge on any atom is -0.376 e. The molecule has 0 saturated heterocycles. The van der Waals surface area contributed by atoms with Crippen molar-refractivity contribution < 1.29 is 9.53 Å². The number of hydrogen-bond acceptors (Lipinski definition) is 3. The summed E-state index contributed by atoms with van der Waals surface area (Å²) in [5, 5.41) is 0. The molecule has 1 amide bonds. The highest BCUT2D eigenvalue weighted by Crippen LogP contribution is 2.18. The van der Waals surface area contributed by atoms with Crippen molar-refractivity contribution in [2.75, 3.05) is 6.61 Å². The molecule has 1 aliphatic heterocycles. The number of amides is 1. The van der Waals surface area contributed by atoms with Gasteiger partial charge in [-0.25, -0.2) is 0 Å². The third kappa shape index (κ3) is 1.40. The Labute approximate surface area is 75.7 Å². The van der Waals surface area contributed by atoms with Crippen molar-refractivity contribution in [1.29, 1.82) is 0 Å². The van der Waals surface area contributed by atoms with Crippen LogP contribution in [-0.2, 0) is 17.8 Å². The minimum absolute atomic E-state index is 0.435. The molecular formula is C9H10N2O2. The largest absolute Gasteiger partial charge is 0.376 e. The molecule has 0 fully saturated rings. The molecule has 1 aromatic heterocycles. The Hall–Kier alpha value is -1.42. The van der Waals surface area contributed by atoms with Gasteiger partial charge in [0, 0.05) is 12.4 Å². The van der Waals surface area contributed by atoms with Crippen LogP contribution >= 0.6 is 0 Å². The highest BCUT2D eigenvalue weighted by molar-refractivity contribution is 5.94. The first kappa shape index (κ1) is 8.19. The van der Waals surface area contributed by atoms with Gasteiger partial charge >= 0.3 is 0 Å². The summed E-state index contributed by atoms with van der Waals surface area (Å²) in [6.07, 6.45) is 4.07. The quantitative estimate of drug-likeness (QED) is 0.670. The normalized spacial score (nSPS) is 15.1. The predicted molar refractivity (Wildman–Crippen MR) is 46.1 cm³/mol. The van der Waals surface area contributed by atoms with Gasteiger partial charge in [-0.3, -0.25) is 9.78 Å². The highest BCUT2D eigenvalue weighted by atomic mass is 16.5. The molecule has 4 heteroatoms. The lowest BCUT2D eigenvalue weighted by atomic mass is 10.0. The average molecular weight is 178 g/mol. The number of ether oxygens (including phenoxy) is 1. The third-order valence-corrected chi connectivity index (χ3v) is 2.17. The maximum absolute atomic E-state index is 11.0. The lowest BCUT2D eigenvalue weighted by molar-refractivity contribution is 0.0965. The van der Waals surface area contributed by atoms with E-state index in [0.717, 1.165) is 17.5 Å². The molecule has 4 nitrogen and oxygen atoms in total. The first-order valence-electron chi connectivity index (χ1n) is 4.12. The number of nitrogens with zero attached hydrogens (tertiary/aromatic N) is 1. The average Bonchev–Trinajstić information content (AvgIpc) is 2.17. The fourth-order valence-corrected chi connectivity index (χ4v) is 1.49. The summed E-state index contributed by atoms with van der Waals surface area (Å²) in [4.78, 5) is 15.0. The zero-order chi connectivity index (χ0) is 9.26. The lowest BCUT2D eigenvalue weighted by Gasteiger charge is -2.17. The van der Waals surface area contributed by atoms with Crippen molar-refractivity contribution in [2.45, 2.75) is 13.0 Å². The van der Waals surface area contributed by atoms with E-state index in [-0.39, 0.29) is 0 Å². The van der Waals surface area contributed by atoms with Crippen LogP contribution in [0.2, 0.25) is 0 Å². The van der Waals surface area contributed by atoms with Crippen LogP contribution in [-0.4, -0.2) is 17.5 Å². The van der Waals surface area contributed by atoms with E-state index in [1.807, 2.05) is 0 Å². The molecule has 0 aromatic carbocycles. The number of aromatic nitrogens is 1. The number of pyridine rings is 1. The minimum atomic E-state index is -0.435. The fraction of sp³-hybridized carbons (Fsp3) is 0.333. The van der Waals surface area contributed by atoms with E-state index >= 15 is 0 Å². The molecule has 68 valence electrons. The van der Waals surface area contributed by atoms with E-state index in [1.165, 1.54) is 6.20 Å². The summed E-state index contributed by atoms with van der Waals surface area (Å²) >= 11 is 0. The number of primary amides is 1. The maximum Gasteiger partial charge on any atom is 0.250 e. The first-order chi connectivity index (χ1) is 6.29. The molecule has 0 saturated carbocycles. The van der Waals surface area contributed by atoms with Gasteiger partial charge < -0.3 is 10.5 Å². The van der Waals surface area contributed by atoms with Crippen LogP contribution in [0.4, 0.5) is 0 Å². The monoisotopic (exact) mass is 178 g/mol. The predicted octanol–water partition coefficient (Wildman–Crippen LogP) is 0.253. The van der Waals surface area contributed by atoms with E-state index in [1.54, 1.807) is 6.20 Å². The molecule has 1 aliphatic rings. The molecule has 0 aliphatic carbocycles. The second kappa shape index (κ2) is 3.14. The van der Waals surface area contributed by atoms with Crippen molar-refractivity contribution in [2.24, 2.45) is 5.73 Å². The van der Waals surface area contributed by atoms with Crippen LogP contribution in [0.15, 0.2) is 12.4 Å². The highest BCUT2D eigenvalue weighted by Gasteiger charge is 2.16. The first-order valence-corrected chi connectivity index (χ1v) is 4.12. The topological polar surface area (TPSA) is 65.2 Å². The van der Waals surface area contributed by atoms with Crippen LogP contribution in [0.3, 0.4) is 0 Å². The van der Waals surface area contributed by atoms with Crippen molar-refractivity contribution in [3.05, 3.63) is 29.1 Å². The Morgan fingerprint density at radius 3 is 3.15 bits per heavy atom. The summed E-state index contributed by atoms with van der Waals surface area (Å²) in [5.41, 5.74) is 7.66. The van der Waals surface area contributed by atoms with Gasteiger partial charge in [-0.05, 0) is 17.5 Å². The fourth-order valence-electron chi connectivity index (χ4n) is 1.49. The van der Waals surface area contributed by atoms with Gasteiger partial charge in [0.2, 0.25) is 0 Å². The van der Waals surface area contributed by atoms with E-state index in [4.69, 9.17) is 10.5 Å². The summed E-state index contributed by atoms with van der Waals surface area (Å²) in [6, 6.07) is 0. The van der Waals surface area contributed by atoms with E-state index in [9.17, 15) is 4.79 Å². The molecule has 0 atom stereocenters. The molecule has 0 unspecified atom stereocenters. The Kier molecular flexibility index (Phi) is 1.98. The number of rotatable bonds is 1. The van der Waals surface area contributed by atoms with Gasteiger partial charge in [0.1, 0.15) is 0 Å². The smallest absolute Gasteiger partial charge is 0.250 e. The molecule has 0 spiro atoms. The van der Waals surface area contributed by atoms with Gasteiger partial charge in [-0.1, -0.05) is 0 Å². The Morgan fingerprint density at radius 2 is 2.38 bits per heavy atom. The summed E-state index contributed by atoms with van der Waals surface area (Å²) < 4.78 is 5.25. The van der Waals surface area contributed by atoms with E-state index < -0.39 is 5.91 Å². The SMILES string of the molecule is NC(=O)c1cncc2c1COCC2. The van der Waals surface area contributed by atoms with Crippen molar-refractivity contribution in [3.63, 3.8) is 0 Å². The molecule has 2 rings (SSSR count). The van der Waals surface area contributed by atoms with Gasteiger partial charge in [-0.2, -0.15) is 0 Å². The van der Waals surface area contributed by atoms with Crippen LogP contribution in [0.5, 0.6) is 0 Å². The number of carbonyl (C=O) groups excluding carboxylic acids is 1. The Bertz CT molecular complexity index is 349. The molecule has 13 heavy (non-hydrogen) atoms. The van der Waals surface area contributed by atoms with E-state index in [2.05, 4.69) is 4.98 Å². The maximum atomic E-state index is 11.0. The Morgan fingerprint density at radius 1 is 1.54 bits per heavy atom. The standard InChI is InChI=1S/C9H10N2O2/c10-9(12)7-4-11-3-6-1-2-13-5-8(6)7/h3-4H,1-2,5H2,(H2,10,12). The molecule has 1 aromatic rings. The third-order valence-electron chi connectivity index (χ3n) is 2.17. The van der Waals surface area contributed by atoms with E-state index in [0.29, 0.717) is 18.8 Å². The molecular weight excluding hydrogens is 168 g/mol. The number of carbonyl (C=O) groups is 1. The van der Waals surface area contributed by atoms with Gasteiger partial charge in [-0.15, -0.1) is 0 Å². The number of nitrogens with two attached hydrogens (primary N) is 1. The van der Waals surface area contributed by atoms with Gasteiger partial charge in [0.25, 0.3) is 5.91 Å². The molecule has 2 N–H and O–H groups in total. The van der Waals surface area contributed by atoms with Crippen LogP contribution in [0.25, 0.3) is 0 Å². The summed E-state index contributed by atoms with van der Waals surface area (Å²) in [6.45, 7) is 1.16. The van der Waals surface area contributed by atoms with Gasteiger partial charge in [0.05, 0.1) is 18.8 Å². The zero-order valence-electron chi connectivity index (χ0n) is 7.12. The second-order valence-electron chi connectivity index (χ2n) is 2.99. The van der Waals surface area contributed by atoms with Crippen molar-refractivity contribution in [1.82, 2.24) is 4.98 Å². The number of hydrogen-bond donors (Lipinski definition) is 1. The lowest BCUT2D eigenvalue weighted by Crippen LogP contribution is -2.19. The molecule has 0 radical (unpaired) electrons. The summed E-state index contributed by atoms with van der Waals surface area (Å²) in [5.74, 6) is -0.435. The second-order valence-corrected chi connectivity index (χ2v) is 2.99. The van der Waals surface area contributed by atoms with Gasteiger partial charge in [0.15, 0.2) is 0 Å². The van der Waals surface area contributed by atoms with Crippen LogP contribution in [0.1, 0.15) is 21.5 Å². The molecule has 2 heterocycles. The Balaban J connectivity index is 2.52. The zero-order valence-corrected chi connectivity index (χ0v) is 7.12. The van der Waals surface area contributed by atoms with Crippen LogP contribution < -0.4 is 5.73 Å². The number of fused-ring (bicyclic) bond motifs is 1. The molecule has 0 bridgehead atoms.